The van der Waals surface area contributed by atoms with Crippen LogP contribution in [0.4, 0.5) is 26.1 Å². The third-order valence-electron chi connectivity index (χ3n) is 3.29. The summed E-state index contributed by atoms with van der Waals surface area (Å²) in [6, 6.07) is 9.52. The van der Waals surface area contributed by atoms with Crippen LogP contribution in [0, 0.1) is 11.6 Å². The first-order valence-corrected chi connectivity index (χ1v) is 8.01. The Labute approximate surface area is 157 Å². The number of hydrogen-bond donors (Lipinski definition) is 2. The Balaban J connectivity index is 1.83. The minimum atomic E-state index is -0.811. The molecule has 0 atom stereocenters. The molecule has 0 fully saturated rings. The predicted octanol–water partition coefficient (Wildman–Crippen LogP) is 5.06. The first-order valence-electron chi connectivity index (χ1n) is 7.25. The largest absolute Gasteiger partial charge is 0.319 e. The SMILES string of the molecule is O=C(Nc1cccc(Cl)c1Cl)c1ccnc(Nc2c(F)cccc2F)n1. The van der Waals surface area contributed by atoms with Crippen molar-refractivity contribution in [3.8, 4) is 0 Å². The van der Waals surface area contributed by atoms with Gasteiger partial charge in [0.1, 0.15) is 23.0 Å². The quantitative estimate of drug-likeness (QED) is 0.648. The highest BCUT2D eigenvalue weighted by Gasteiger charge is 2.14. The third-order valence-corrected chi connectivity index (χ3v) is 4.11. The molecule has 1 amide bonds. The number of anilines is 3. The fraction of sp³-hybridized carbons (Fsp3) is 0. The zero-order valence-electron chi connectivity index (χ0n) is 12.9. The fourth-order valence-electron chi connectivity index (χ4n) is 2.06. The highest BCUT2D eigenvalue weighted by molar-refractivity contribution is 6.44. The first kappa shape index (κ1) is 18.0. The second kappa shape index (κ2) is 7.63. The number of rotatable bonds is 4. The van der Waals surface area contributed by atoms with Gasteiger partial charge in [0.25, 0.3) is 5.91 Å². The molecule has 5 nitrogen and oxygen atoms in total. The first-order chi connectivity index (χ1) is 12.5. The van der Waals surface area contributed by atoms with Crippen molar-refractivity contribution in [1.82, 2.24) is 9.97 Å². The van der Waals surface area contributed by atoms with Gasteiger partial charge in [-0.05, 0) is 30.3 Å². The molecule has 1 heterocycles. The van der Waals surface area contributed by atoms with E-state index < -0.39 is 23.2 Å². The molecule has 2 aromatic carbocycles. The molecule has 0 bridgehead atoms. The number of halogens is 4. The molecular weight excluding hydrogens is 385 g/mol. The van der Waals surface area contributed by atoms with Gasteiger partial charge in [0, 0.05) is 6.20 Å². The lowest BCUT2D eigenvalue weighted by atomic mass is 10.3. The predicted molar refractivity (Wildman–Crippen MR) is 96.1 cm³/mol. The third kappa shape index (κ3) is 3.89. The number of aromatic nitrogens is 2. The lowest BCUT2D eigenvalue weighted by molar-refractivity contribution is 0.102. The second-order valence-corrected chi connectivity index (χ2v) is 5.83. The van der Waals surface area contributed by atoms with Crippen molar-refractivity contribution >= 4 is 46.4 Å². The van der Waals surface area contributed by atoms with E-state index in [9.17, 15) is 13.6 Å². The standard InChI is InChI=1S/C17H10Cl2F2N4O/c18-9-3-1-6-12(14(9)19)23-16(26)13-7-8-22-17(24-13)25-15-10(20)4-2-5-11(15)21/h1-8H,(H,23,26)(H,22,24,25). The van der Waals surface area contributed by atoms with Gasteiger partial charge < -0.3 is 10.6 Å². The van der Waals surface area contributed by atoms with E-state index in [0.717, 1.165) is 12.1 Å². The van der Waals surface area contributed by atoms with Crippen LogP contribution in [-0.4, -0.2) is 15.9 Å². The lowest BCUT2D eigenvalue weighted by Crippen LogP contribution is -2.15. The van der Waals surface area contributed by atoms with Crippen molar-refractivity contribution in [3.63, 3.8) is 0 Å². The van der Waals surface area contributed by atoms with Crippen molar-refractivity contribution in [3.05, 3.63) is 76.0 Å². The summed E-state index contributed by atoms with van der Waals surface area (Å²) in [5, 5.41) is 5.45. The molecule has 0 spiro atoms. The van der Waals surface area contributed by atoms with Gasteiger partial charge in [-0.3, -0.25) is 4.79 Å². The van der Waals surface area contributed by atoms with Crippen LogP contribution in [-0.2, 0) is 0 Å². The Morgan fingerprint density at radius 3 is 2.42 bits per heavy atom. The Hall–Kier alpha value is -2.77. The van der Waals surface area contributed by atoms with Gasteiger partial charge in [-0.1, -0.05) is 35.3 Å². The Morgan fingerprint density at radius 2 is 1.69 bits per heavy atom. The normalized spacial score (nSPS) is 10.5. The molecule has 26 heavy (non-hydrogen) atoms. The van der Waals surface area contributed by atoms with Crippen LogP contribution in [0.1, 0.15) is 10.5 Å². The van der Waals surface area contributed by atoms with E-state index in [1.807, 2.05) is 0 Å². The highest BCUT2D eigenvalue weighted by atomic mass is 35.5. The minimum Gasteiger partial charge on any atom is -0.319 e. The number of hydrogen-bond acceptors (Lipinski definition) is 4. The minimum absolute atomic E-state index is 0.0321. The zero-order chi connectivity index (χ0) is 18.7. The average Bonchev–Trinajstić information content (AvgIpc) is 2.62. The summed E-state index contributed by atoms with van der Waals surface area (Å²) in [6.07, 6.45) is 1.28. The molecular formula is C17H10Cl2F2N4O. The van der Waals surface area contributed by atoms with Gasteiger partial charge in [-0.25, -0.2) is 18.7 Å². The molecule has 1 aromatic heterocycles. The number of para-hydroxylation sites is 1. The smallest absolute Gasteiger partial charge is 0.274 e. The number of carbonyl (C=O) groups is 1. The topological polar surface area (TPSA) is 66.9 Å². The summed E-state index contributed by atoms with van der Waals surface area (Å²) in [7, 11) is 0. The van der Waals surface area contributed by atoms with E-state index in [2.05, 4.69) is 20.6 Å². The molecule has 2 N–H and O–H groups in total. The van der Waals surface area contributed by atoms with Gasteiger partial charge in [-0.2, -0.15) is 0 Å². The van der Waals surface area contributed by atoms with E-state index in [-0.39, 0.29) is 21.7 Å². The Kier molecular flexibility index (Phi) is 5.29. The van der Waals surface area contributed by atoms with Crippen molar-refractivity contribution in [2.24, 2.45) is 0 Å². The maximum Gasteiger partial charge on any atom is 0.274 e. The van der Waals surface area contributed by atoms with Gasteiger partial charge in [0.05, 0.1) is 15.7 Å². The van der Waals surface area contributed by atoms with Crippen molar-refractivity contribution in [2.45, 2.75) is 0 Å². The maximum absolute atomic E-state index is 13.7. The van der Waals surface area contributed by atoms with Crippen LogP contribution < -0.4 is 10.6 Å². The van der Waals surface area contributed by atoms with Gasteiger partial charge in [-0.15, -0.1) is 0 Å². The molecule has 0 unspecified atom stereocenters. The van der Waals surface area contributed by atoms with E-state index in [1.165, 1.54) is 18.3 Å². The van der Waals surface area contributed by atoms with Gasteiger partial charge in [0.2, 0.25) is 5.95 Å². The van der Waals surface area contributed by atoms with Crippen LogP contribution in [0.15, 0.2) is 48.7 Å². The van der Waals surface area contributed by atoms with Crippen LogP contribution in [0.25, 0.3) is 0 Å². The molecule has 0 radical (unpaired) electrons. The van der Waals surface area contributed by atoms with Crippen molar-refractivity contribution < 1.29 is 13.6 Å². The molecule has 9 heteroatoms. The van der Waals surface area contributed by atoms with E-state index in [4.69, 9.17) is 23.2 Å². The van der Waals surface area contributed by atoms with Gasteiger partial charge in [0.15, 0.2) is 0 Å². The number of carbonyl (C=O) groups excluding carboxylic acids is 1. The molecule has 3 aromatic rings. The molecule has 0 saturated carbocycles. The number of nitrogens with one attached hydrogen (secondary N) is 2. The summed E-state index contributed by atoms with van der Waals surface area (Å²) >= 11 is 11.9. The van der Waals surface area contributed by atoms with Gasteiger partial charge >= 0.3 is 0 Å². The molecule has 0 aliphatic rings. The highest BCUT2D eigenvalue weighted by Crippen LogP contribution is 2.29. The Morgan fingerprint density at radius 1 is 1.00 bits per heavy atom. The zero-order valence-corrected chi connectivity index (χ0v) is 14.4. The summed E-state index contributed by atoms with van der Waals surface area (Å²) in [6.45, 7) is 0. The summed E-state index contributed by atoms with van der Waals surface area (Å²) in [4.78, 5) is 20.1. The van der Waals surface area contributed by atoms with Crippen LogP contribution in [0.5, 0.6) is 0 Å². The molecule has 0 saturated heterocycles. The van der Waals surface area contributed by atoms with E-state index in [1.54, 1.807) is 18.2 Å². The van der Waals surface area contributed by atoms with E-state index >= 15 is 0 Å². The lowest BCUT2D eigenvalue weighted by Gasteiger charge is -2.10. The maximum atomic E-state index is 13.7. The van der Waals surface area contributed by atoms with E-state index in [0.29, 0.717) is 5.69 Å². The summed E-state index contributed by atoms with van der Waals surface area (Å²) in [5.74, 6) is -2.35. The van der Waals surface area contributed by atoms with Crippen molar-refractivity contribution in [2.75, 3.05) is 10.6 Å². The van der Waals surface area contributed by atoms with Crippen molar-refractivity contribution in [1.29, 1.82) is 0 Å². The van der Waals surface area contributed by atoms with Crippen LogP contribution in [0.3, 0.4) is 0 Å². The summed E-state index contributed by atoms with van der Waals surface area (Å²) < 4.78 is 27.4. The van der Waals surface area contributed by atoms with Crippen LogP contribution in [0.2, 0.25) is 10.0 Å². The van der Waals surface area contributed by atoms with Crippen LogP contribution >= 0.6 is 23.2 Å². The average molecular weight is 395 g/mol. The number of benzene rings is 2. The molecule has 0 aliphatic carbocycles. The summed E-state index contributed by atoms with van der Waals surface area (Å²) in [5.41, 5.74) is -0.143. The second-order valence-electron chi connectivity index (χ2n) is 5.04. The Bertz CT molecular complexity index is 964. The monoisotopic (exact) mass is 394 g/mol. The number of nitrogens with zero attached hydrogens (tertiary/aromatic N) is 2. The molecule has 132 valence electrons. The number of amides is 1. The molecule has 0 aliphatic heterocycles. The molecule has 3 rings (SSSR count). The fourth-order valence-corrected chi connectivity index (χ4v) is 2.41.